The third kappa shape index (κ3) is 5.50. The zero-order valence-electron chi connectivity index (χ0n) is 18.2. The Bertz CT molecular complexity index is 1190. The van der Waals surface area contributed by atoms with Crippen LogP contribution in [0.5, 0.6) is 5.75 Å². The molecule has 8 nitrogen and oxygen atoms in total. The van der Waals surface area contributed by atoms with Crippen molar-refractivity contribution < 1.29 is 31.1 Å². The minimum absolute atomic E-state index is 0.139. The summed E-state index contributed by atoms with van der Waals surface area (Å²) < 4.78 is 67.6. The monoisotopic (exact) mass is 496 g/mol. The van der Waals surface area contributed by atoms with E-state index in [9.17, 15) is 26.4 Å². The van der Waals surface area contributed by atoms with Crippen molar-refractivity contribution in [3.63, 3.8) is 0 Å². The van der Waals surface area contributed by atoms with E-state index in [-0.39, 0.29) is 22.4 Å². The SMILES string of the molecule is C[C@H](N=C1NS(=O)(=O)c2ccccc21)C(=O)N1CCN(Cc2ccc(OC(F)(F)F)cc2)CC1. The van der Waals surface area contributed by atoms with Gasteiger partial charge in [-0.1, -0.05) is 24.3 Å². The highest BCUT2D eigenvalue weighted by Crippen LogP contribution is 2.24. The van der Waals surface area contributed by atoms with Gasteiger partial charge in [-0.15, -0.1) is 13.2 Å². The number of carbonyl (C=O) groups excluding carboxylic acids is 1. The van der Waals surface area contributed by atoms with Crippen LogP contribution < -0.4 is 9.46 Å². The highest BCUT2D eigenvalue weighted by atomic mass is 32.2. The summed E-state index contributed by atoms with van der Waals surface area (Å²) in [4.78, 5) is 21.1. The molecule has 1 amide bonds. The third-order valence-electron chi connectivity index (χ3n) is 5.59. The van der Waals surface area contributed by atoms with Gasteiger partial charge in [0.05, 0.1) is 4.90 Å². The molecule has 0 saturated carbocycles. The quantitative estimate of drug-likeness (QED) is 0.687. The molecular formula is C22H23F3N4O4S. The van der Waals surface area contributed by atoms with Gasteiger partial charge >= 0.3 is 6.36 Å². The van der Waals surface area contributed by atoms with Crippen molar-refractivity contribution >= 4 is 21.8 Å². The maximum absolute atomic E-state index is 12.9. The minimum atomic E-state index is -4.72. The highest BCUT2D eigenvalue weighted by molar-refractivity contribution is 7.90. The molecule has 4 rings (SSSR count). The first-order valence-corrected chi connectivity index (χ1v) is 12.1. The number of rotatable bonds is 5. The average molecular weight is 497 g/mol. The lowest BCUT2D eigenvalue weighted by Crippen LogP contribution is -2.50. The van der Waals surface area contributed by atoms with Gasteiger partial charge in [0.25, 0.3) is 10.0 Å². The third-order valence-corrected chi connectivity index (χ3v) is 6.99. The molecule has 0 spiro atoms. The Morgan fingerprint density at radius 2 is 1.74 bits per heavy atom. The lowest BCUT2D eigenvalue weighted by molar-refractivity contribution is -0.274. The molecule has 2 aliphatic rings. The van der Waals surface area contributed by atoms with Crippen LogP contribution in [0.3, 0.4) is 0 Å². The molecule has 0 aromatic heterocycles. The van der Waals surface area contributed by atoms with Crippen molar-refractivity contribution in [2.45, 2.75) is 30.8 Å². The number of hydrogen-bond acceptors (Lipinski definition) is 6. The Morgan fingerprint density at radius 1 is 1.09 bits per heavy atom. The zero-order valence-corrected chi connectivity index (χ0v) is 19.1. The van der Waals surface area contributed by atoms with Gasteiger partial charge in [-0.25, -0.2) is 8.42 Å². The Labute approximate surface area is 195 Å². The highest BCUT2D eigenvalue weighted by Gasteiger charge is 2.33. The molecular weight excluding hydrogens is 473 g/mol. The average Bonchev–Trinajstić information content (AvgIpc) is 3.04. The van der Waals surface area contributed by atoms with Crippen LogP contribution in [-0.2, 0) is 21.4 Å². The summed E-state index contributed by atoms with van der Waals surface area (Å²) in [6.45, 7) is 4.26. The molecule has 182 valence electrons. The molecule has 12 heteroatoms. The number of sulfonamides is 1. The van der Waals surface area contributed by atoms with E-state index in [1.165, 1.54) is 18.2 Å². The van der Waals surface area contributed by atoms with Gasteiger partial charge in [0.2, 0.25) is 5.91 Å². The van der Waals surface area contributed by atoms with E-state index < -0.39 is 22.4 Å². The number of aliphatic imine (C=N–C) groups is 1. The van der Waals surface area contributed by atoms with E-state index in [1.807, 2.05) is 0 Å². The van der Waals surface area contributed by atoms with Gasteiger partial charge in [0, 0.05) is 38.3 Å². The Morgan fingerprint density at radius 3 is 2.38 bits per heavy atom. The summed E-state index contributed by atoms with van der Waals surface area (Å²) in [5.41, 5.74) is 1.28. The molecule has 1 fully saturated rings. The van der Waals surface area contributed by atoms with Gasteiger partial charge in [-0.2, -0.15) is 0 Å². The number of hydrogen-bond donors (Lipinski definition) is 1. The first-order chi connectivity index (χ1) is 16.0. The molecule has 0 radical (unpaired) electrons. The number of halogens is 3. The van der Waals surface area contributed by atoms with E-state index in [2.05, 4.69) is 19.4 Å². The predicted molar refractivity (Wildman–Crippen MR) is 118 cm³/mol. The van der Waals surface area contributed by atoms with Crippen LogP contribution in [0.15, 0.2) is 58.4 Å². The summed E-state index contributed by atoms with van der Waals surface area (Å²) in [6, 6.07) is 11.4. The van der Waals surface area contributed by atoms with Crippen molar-refractivity contribution in [2.75, 3.05) is 26.2 Å². The van der Waals surface area contributed by atoms with Crippen molar-refractivity contribution in [3.8, 4) is 5.75 Å². The first-order valence-electron chi connectivity index (χ1n) is 10.6. The lowest BCUT2D eigenvalue weighted by Gasteiger charge is -2.35. The summed E-state index contributed by atoms with van der Waals surface area (Å²) >= 11 is 0. The van der Waals surface area contributed by atoms with Gasteiger partial charge in [0.1, 0.15) is 17.6 Å². The fourth-order valence-corrected chi connectivity index (χ4v) is 5.16. The van der Waals surface area contributed by atoms with Gasteiger partial charge in [-0.05, 0) is 36.8 Å². The fraction of sp³-hybridized carbons (Fsp3) is 0.364. The molecule has 2 heterocycles. The fourth-order valence-electron chi connectivity index (χ4n) is 3.92. The maximum Gasteiger partial charge on any atom is 0.573 e. The van der Waals surface area contributed by atoms with Crippen LogP contribution in [0.1, 0.15) is 18.1 Å². The molecule has 0 aliphatic carbocycles. The number of nitrogens with zero attached hydrogens (tertiary/aromatic N) is 3. The van der Waals surface area contributed by atoms with Gasteiger partial charge in [-0.3, -0.25) is 19.4 Å². The van der Waals surface area contributed by atoms with Crippen molar-refractivity contribution in [2.24, 2.45) is 4.99 Å². The van der Waals surface area contributed by atoms with E-state index in [0.717, 1.165) is 5.56 Å². The van der Waals surface area contributed by atoms with Crippen molar-refractivity contribution in [1.82, 2.24) is 14.5 Å². The second-order valence-electron chi connectivity index (χ2n) is 8.05. The van der Waals surface area contributed by atoms with Gasteiger partial charge in [0.15, 0.2) is 0 Å². The number of nitrogens with one attached hydrogen (secondary N) is 1. The van der Waals surface area contributed by atoms with Crippen LogP contribution in [-0.4, -0.2) is 68.5 Å². The molecule has 1 atom stereocenters. The molecule has 1 N–H and O–H groups in total. The molecule has 2 aromatic rings. The molecule has 2 aliphatic heterocycles. The van der Waals surface area contributed by atoms with Crippen LogP contribution in [0.4, 0.5) is 13.2 Å². The number of alkyl halides is 3. The number of amides is 1. The smallest absolute Gasteiger partial charge is 0.406 e. The van der Waals surface area contributed by atoms with Crippen LogP contribution in [0.25, 0.3) is 0 Å². The van der Waals surface area contributed by atoms with Crippen LogP contribution >= 0.6 is 0 Å². The van der Waals surface area contributed by atoms with Crippen LogP contribution in [0, 0.1) is 0 Å². The Hall–Kier alpha value is -3.12. The number of amidine groups is 1. The largest absolute Gasteiger partial charge is 0.573 e. The summed E-state index contributed by atoms with van der Waals surface area (Å²) in [5.74, 6) is -0.313. The molecule has 0 unspecified atom stereocenters. The lowest BCUT2D eigenvalue weighted by atomic mass is 10.1. The van der Waals surface area contributed by atoms with E-state index in [1.54, 1.807) is 42.2 Å². The summed E-state index contributed by atoms with van der Waals surface area (Å²) in [5, 5.41) is 0. The molecule has 0 bridgehead atoms. The Kier molecular flexibility index (Phi) is 6.54. The second kappa shape index (κ2) is 9.26. The molecule has 1 saturated heterocycles. The van der Waals surface area contributed by atoms with E-state index in [4.69, 9.17) is 0 Å². The topological polar surface area (TPSA) is 91.3 Å². The summed E-state index contributed by atoms with van der Waals surface area (Å²) in [6.07, 6.45) is -4.72. The van der Waals surface area contributed by atoms with Gasteiger partial charge < -0.3 is 9.64 Å². The minimum Gasteiger partial charge on any atom is -0.406 e. The summed E-state index contributed by atoms with van der Waals surface area (Å²) in [7, 11) is -3.68. The van der Waals surface area contributed by atoms with Crippen molar-refractivity contribution in [3.05, 3.63) is 59.7 Å². The standard InChI is InChI=1S/C22H23F3N4O4S/c1-15(26-20-18-4-2-3-5-19(18)34(31,32)27-20)21(30)29-12-10-28(11-13-29)14-16-6-8-17(9-7-16)33-22(23,24)25/h2-9,15H,10-14H2,1H3,(H,26,27)/t15-/m0/s1. The molecule has 34 heavy (non-hydrogen) atoms. The number of fused-ring (bicyclic) bond motifs is 1. The normalized spacial score (nSPS) is 20.0. The maximum atomic E-state index is 12.9. The number of piperazine rings is 1. The Balaban J connectivity index is 1.32. The van der Waals surface area contributed by atoms with Crippen LogP contribution in [0.2, 0.25) is 0 Å². The molecule has 2 aromatic carbocycles. The first kappa shape index (κ1) is 24.0. The van der Waals surface area contributed by atoms with Crippen molar-refractivity contribution in [1.29, 1.82) is 0 Å². The van der Waals surface area contributed by atoms with E-state index in [0.29, 0.717) is 38.3 Å². The predicted octanol–water partition coefficient (Wildman–Crippen LogP) is 2.36. The number of benzene rings is 2. The number of ether oxygens (including phenoxy) is 1. The number of carbonyl (C=O) groups is 1. The van der Waals surface area contributed by atoms with E-state index >= 15 is 0 Å². The zero-order chi connectivity index (χ0) is 24.5. The second-order valence-corrected chi connectivity index (χ2v) is 9.70.